The quantitative estimate of drug-likeness (QED) is 0.799. The van der Waals surface area contributed by atoms with Gasteiger partial charge in [0, 0.05) is 18.6 Å². The standard InChI is InChI=1S/C10H13IN2O/c1-14-7-9-4-10(5-9,6-9)13-3-8(11)2-12-13/h2-3H,4-7H2,1H3/i1D3. The molecule has 0 unspecified atom stereocenters. The SMILES string of the molecule is [2H]C([2H])([2H])OCC12CC(n3cc(I)cn3)(C1)C2. The summed E-state index contributed by atoms with van der Waals surface area (Å²) >= 11 is 2.25. The van der Waals surface area contributed by atoms with Crippen molar-refractivity contribution in [3.8, 4) is 0 Å². The fourth-order valence-electron chi connectivity index (χ4n) is 3.05. The monoisotopic (exact) mass is 307 g/mol. The molecule has 2 bridgehead atoms. The van der Waals surface area contributed by atoms with E-state index in [1.54, 1.807) is 0 Å². The lowest BCUT2D eigenvalue weighted by Gasteiger charge is -2.70. The molecule has 3 saturated carbocycles. The first kappa shape index (κ1) is 6.48. The zero-order valence-corrected chi connectivity index (χ0v) is 9.82. The van der Waals surface area contributed by atoms with E-state index in [9.17, 15) is 0 Å². The lowest BCUT2D eigenvalue weighted by atomic mass is 9.39. The summed E-state index contributed by atoms with van der Waals surface area (Å²) in [6.07, 6.45) is 6.89. The molecule has 0 aromatic carbocycles. The third-order valence-corrected chi connectivity index (χ3v) is 4.08. The minimum absolute atomic E-state index is 0.103. The summed E-state index contributed by atoms with van der Waals surface area (Å²) < 4.78 is 29.2. The Morgan fingerprint density at radius 3 is 3.07 bits per heavy atom. The number of hydrogen-bond acceptors (Lipinski definition) is 2. The minimum Gasteiger partial charge on any atom is -0.384 e. The van der Waals surface area contributed by atoms with E-state index < -0.39 is 7.04 Å². The van der Waals surface area contributed by atoms with Crippen molar-refractivity contribution in [1.82, 2.24) is 9.78 Å². The molecule has 0 aliphatic heterocycles. The van der Waals surface area contributed by atoms with Crippen molar-refractivity contribution < 1.29 is 8.85 Å². The summed E-state index contributed by atoms with van der Waals surface area (Å²) in [5.74, 6) is 0. The lowest BCUT2D eigenvalue weighted by molar-refractivity contribution is -0.217. The third kappa shape index (κ3) is 1.04. The Kier molecular flexibility index (Phi) is 1.26. The molecular formula is C10H13IN2O. The molecule has 3 nitrogen and oxygen atoms in total. The molecule has 0 N–H and O–H groups in total. The van der Waals surface area contributed by atoms with Crippen LogP contribution >= 0.6 is 22.6 Å². The average Bonchev–Trinajstić information content (AvgIpc) is 2.45. The van der Waals surface area contributed by atoms with Crippen LogP contribution in [0.15, 0.2) is 12.4 Å². The molecule has 14 heavy (non-hydrogen) atoms. The van der Waals surface area contributed by atoms with Crippen LogP contribution < -0.4 is 0 Å². The molecule has 0 radical (unpaired) electrons. The second-order valence-corrected chi connectivity index (χ2v) is 5.89. The van der Waals surface area contributed by atoms with Crippen LogP contribution in [0.3, 0.4) is 0 Å². The smallest absolute Gasteiger partial charge is 0.0646 e. The van der Waals surface area contributed by atoms with Crippen LogP contribution in [0.4, 0.5) is 0 Å². The number of nitrogens with zero attached hydrogens (tertiary/aromatic N) is 2. The van der Waals surface area contributed by atoms with Gasteiger partial charge in [0.15, 0.2) is 0 Å². The van der Waals surface area contributed by atoms with E-state index >= 15 is 0 Å². The number of methoxy groups -OCH3 is 1. The first-order valence-electron chi connectivity index (χ1n) is 6.17. The summed E-state index contributed by atoms with van der Waals surface area (Å²) in [7, 11) is -2.26. The van der Waals surface area contributed by atoms with E-state index in [-0.39, 0.29) is 11.0 Å². The Labute approximate surface area is 101 Å². The van der Waals surface area contributed by atoms with Gasteiger partial charge in [0.2, 0.25) is 0 Å². The molecule has 3 aliphatic rings. The van der Waals surface area contributed by atoms with Gasteiger partial charge in [0.05, 0.1) is 26.0 Å². The zero-order valence-electron chi connectivity index (χ0n) is 10.7. The lowest BCUT2D eigenvalue weighted by Crippen LogP contribution is -2.69. The highest BCUT2D eigenvalue weighted by Crippen LogP contribution is 2.71. The fraction of sp³-hybridized carbons (Fsp3) is 0.700. The van der Waals surface area contributed by atoms with E-state index in [2.05, 4.69) is 27.7 Å². The van der Waals surface area contributed by atoms with Gasteiger partial charge in [0.1, 0.15) is 0 Å². The van der Waals surface area contributed by atoms with Gasteiger partial charge in [-0.15, -0.1) is 0 Å². The van der Waals surface area contributed by atoms with Gasteiger partial charge in [-0.1, -0.05) is 0 Å². The largest absolute Gasteiger partial charge is 0.384 e. The Hall–Kier alpha value is -0.100. The summed E-state index contributed by atoms with van der Waals surface area (Å²) in [4.78, 5) is 0. The second-order valence-electron chi connectivity index (χ2n) is 4.65. The molecule has 76 valence electrons. The molecule has 1 aromatic heterocycles. The van der Waals surface area contributed by atoms with Crippen LogP contribution in [-0.2, 0) is 10.3 Å². The zero-order chi connectivity index (χ0) is 12.3. The highest BCUT2D eigenvalue weighted by atomic mass is 127. The summed E-state index contributed by atoms with van der Waals surface area (Å²) in [5, 5.41) is 4.34. The minimum atomic E-state index is -2.26. The van der Waals surface area contributed by atoms with Crippen molar-refractivity contribution in [2.75, 3.05) is 13.6 Å². The van der Waals surface area contributed by atoms with Crippen molar-refractivity contribution in [2.24, 2.45) is 5.41 Å². The van der Waals surface area contributed by atoms with Gasteiger partial charge in [-0.25, -0.2) is 0 Å². The molecule has 4 rings (SSSR count). The van der Waals surface area contributed by atoms with E-state index in [1.165, 1.54) is 0 Å². The Morgan fingerprint density at radius 1 is 1.71 bits per heavy atom. The maximum atomic E-state index is 7.04. The first-order valence-corrected chi connectivity index (χ1v) is 5.75. The van der Waals surface area contributed by atoms with Crippen molar-refractivity contribution in [1.29, 1.82) is 0 Å². The Balaban J connectivity index is 1.59. The molecule has 4 heteroatoms. The number of aromatic nitrogens is 2. The predicted octanol–water partition coefficient (Wildman–Crippen LogP) is 2.01. The van der Waals surface area contributed by atoms with E-state index in [1.807, 2.05) is 17.1 Å². The van der Waals surface area contributed by atoms with E-state index in [4.69, 9.17) is 8.85 Å². The summed E-state index contributed by atoms with van der Waals surface area (Å²) in [5.41, 5.74) is 0.257. The predicted molar refractivity (Wildman–Crippen MR) is 61.1 cm³/mol. The first-order chi connectivity index (χ1) is 7.83. The average molecular weight is 307 g/mol. The van der Waals surface area contributed by atoms with E-state index in [0.29, 0.717) is 6.61 Å². The van der Waals surface area contributed by atoms with Gasteiger partial charge >= 0.3 is 0 Å². The van der Waals surface area contributed by atoms with Crippen molar-refractivity contribution in [3.05, 3.63) is 16.0 Å². The number of hydrogen-bond donors (Lipinski definition) is 0. The van der Waals surface area contributed by atoms with Crippen LogP contribution in [-0.4, -0.2) is 23.4 Å². The molecular weight excluding hydrogens is 291 g/mol. The number of halogens is 1. The molecule has 0 spiro atoms. The maximum absolute atomic E-state index is 7.04. The van der Waals surface area contributed by atoms with Crippen LogP contribution in [0.5, 0.6) is 0 Å². The highest BCUT2D eigenvalue weighted by molar-refractivity contribution is 14.1. The van der Waals surface area contributed by atoms with E-state index in [0.717, 1.165) is 22.8 Å². The number of rotatable bonds is 3. The molecule has 3 aliphatic carbocycles. The molecule has 1 heterocycles. The third-order valence-electron chi connectivity index (χ3n) is 3.53. The normalized spacial score (nSPS) is 43.1. The highest BCUT2D eigenvalue weighted by Gasteiger charge is 2.69. The van der Waals surface area contributed by atoms with Crippen LogP contribution in [0, 0.1) is 8.99 Å². The van der Waals surface area contributed by atoms with Crippen LogP contribution in [0.1, 0.15) is 23.4 Å². The molecule has 3 fully saturated rings. The number of ether oxygens (including phenoxy) is 1. The van der Waals surface area contributed by atoms with Gasteiger partial charge < -0.3 is 4.74 Å². The van der Waals surface area contributed by atoms with Gasteiger partial charge in [-0.05, 0) is 41.9 Å². The topological polar surface area (TPSA) is 27.1 Å². The van der Waals surface area contributed by atoms with Crippen LogP contribution in [0.2, 0.25) is 0 Å². The molecule has 0 atom stereocenters. The van der Waals surface area contributed by atoms with Gasteiger partial charge in [0.25, 0.3) is 0 Å². The Morgan fingerprint density at radius 2 is 2.50 bits per heavy atom. The summed E-state index contributed by atoms with van der Waals surface area (Å²) in [6.45, 7) is 0.351. The maximum Gasteiger partial charge on any atom is 0.0646 e. The van der Waals surface area contributed by atoms with Crippen molar-refractivity contribution in [3.63, 3.8) is 0 Å². The molecule has 0 amide bonds. The Bertz CT molecular complexity index is 437. The molecule has 0 saturated heterocycles. The summed E-state index contributed by atoms with van der Waals surface area (Å²) in [6, 6.07) is 0. The van der Waals surface area contributed by atoms with Crippen molar-refractivity contribution in [2.45, 2.75) is 24.8 Å². The second kappa shape index (κ2) is 2.72. The van der Waals surface area contributed by atoms with Crippen LogP contribution in [0.25, 0.3) is 0 Å². The van der Waals surface area contributed by atoms with Gasteiger partial charge in [-0.2, -0.15) is 5.10 Å². The van der Waals surface area contributed by atoms with Crippen molar-refractivity contribution >= 4 is 22.6 Å². The fourth-order valence-corrected chi connectivity index (χ4v) is 3.44. The molecule has 1 aromatic rings. The van der Waals surface area contributed by atoms with Gasteiger partial charge in [-0.3, -0.25) is 4.68 Å².